The molecule has 0 saturated heterocycles. The standard InChI is InChI=1S/C16H13ClN2OS/c17-12-6-7-14(18-9-12)16-19-13(10-21-16)8-15(20)11-4-2-1-3-5-11/h1-7,9-10,15,20H,8H2. The number of halogens is 1. The van der Waals surface area contributed by atoms with Gasteiger partial charge in [-0.25, -0.2) is 4.98 Å². The van der Waals surface area contributed by atoms with E-state index < -0.39 is 6.10 Å². The second kappa shape index (κ2) is 6.35. The molecule has 0 bridgehead atoms. The van der Waals surface area contributed by atoms with Gasteiger partial charge in [0.15, 0.2) is 0 Å². The Bertz CT molecular complexity index is 713. The molecule has 3 rings (SSSR count). The van der Waals surface area contributed by atoms with Crippen LogP contribution in [0, 0.1) is 0 Å². The molecule has 0 saturated carbocycles. The number of aliphatic hydroxyl groups excluding tert-OH is 1. The summed E-state index contributed by atoms with van der Waals surface area (Å²) in [5.74, 6) is 0. The van der Waals surface area contributed by atoms with E-state index in [4.69, 9.17) is 11.6 Å². The third-order valence-electron chi connectivity index (χ3n) is 3.09. The predicted octanol–water partition coefficient (Wildman–Crippen LogP) is 4.13. The van der Waals surface area contributed by atoms with Crippen LogP contribution in [-0.4, -0.2) is 15.1 Å². The second-order valence-electron chi connectivity index (χ2n) is 4.64. The Morgan fingerprint density at radius 2 is 1.95 bits per heavy atom. The first-order chi connectivity index (χ1) is 10.2. The zero-order valence-corrected chi connectivity index (χ0v) is 12.7. The van der Waals surface area contributed by atoms with E-state index in [1.54, 1.807) is 12.3 Å². The van der Waals surface area contributed by atoms with Gasteiger partial charge in [0.25, 0.3) is 0 Å². The third-order valence-corrected chi connectivity index (χ3v) is 4.22. The van der Waals surface area contributed by atoms with Crippen molar-refractivity contribution >= 4 is 22.9 Å². The number of hydrogen-bond donors (Lipinski definition) is 1. The molecule has 0 fully saturated rings. The van der Waals surface area contributed by atoms with Gasteiger partial charge in [0.05, 0.1) is 22.5 Å². The molecule has 0 aliphatic carbocycles. The van der Waals surface area contributed by atoms with Gasteiger partial charge in [-0.1, -0.05) is 41.9 Å². The van der Waals surface area contributed by atoms with E-state index in [2.05, 4.69) is 9.97 Å². The largest absolute Gasteiger partial charge is 0.388 e. The molecule has 0 aliphatic heterocycles. The molecule has 1 aromatic carbocycles. The number of aromatic nitrogens is 2. The van der Waals surface area contributed by atoms with Crippen LogP contribution in [0.5, 0.6) is 0 Å². The molecule has 5 heteroatoms. The summed E-state index contributed by atoms with van der Waals surface area (Å²) in [6, 6.07) is 13.2. The zero-order chi connectivity index (χ0) is 14.7. The number of nitrogens with zero attached hydrogens (tertiary/aromatic N) is 2. The summed E-state index contributed by atoms with van der Waals surface area (Å²) in [5, 5.41) is 13.6. The van der Waals surface area contributed by atoms with Crippen LogP contribution in [-0.2, 0) is 6.42 Å². The maximum absolute atomic E-state index is 10.2. The molecule has 0 amide bonds. The third kappa shape index (κ3) is 3.47. The second-order valence-corrected chi connectivity index (χ2v) is 5.93. The quantitative estimate of drug-likeness (QED) is 0.787. The maximum Gasteiger partial charge on any atom is 0.142 e. The van der Waals surface area contributed by atoms with E-state index in [1.807, 2.05) is 41.8 Å². The minimum Gasteiger partial charge on any atom is -0.388 e. The smallest absolute Gasteiger partial charge is 0.142 e. The van der Waals surface area contributed by atoms with E-state index in [0.717, 1.165) is 22.0 Å². The number of hydrogen-bond acceptors (Lipinski definition) is 4. The maximum atomic E-state index is 10.2. The Kier molecular flexibility index (Phi) is 4.29. The topological polar surface area (TPSA) is 46.0 Å². The van der Waals surface area contributed by atoms with E-state index in [1.165, 1.54) is 11.3 Å². The first kappa shape index (κ1) is 14.2. The fourth-order valence-electron chi connectivity index (χ4n) is 2.01. The molecule has 3 aromatic rings. The Balaban J connectivity index is 1.75. The van der Waals surface area contributed by atoms with Crippen molar-refractivity contribution < 1.29 is 5.11 Å². The highest BCUT2D eigenvalue weighted by Gasteiger charge is 2.12. The number of aliphatic hydroxyl groups is 1. The lowest BCUT2D eigenvalue weighted by molar-refractivity contribution is 0.177. The molecule has 3 nitrogen and oxygen atoms in total. The monoisotopic (exact) mass is 316 g/mol. The molecule has 0 spiro atoms. The van der Waals surface area contributed by atoms with Gasteiger partial charge in [0.1, 0.15) is 5.01 Å². The summed E-state index contributed by atoms with van der Waals surface area (Å²) in [6.07, 6.45) is 1.56. The average molecular weight is 317 g/mol. The zero-order valence-electron chi connectivity index (χ0n) is 11.1. The van der Waals surface area contributed by atoms with Crippen LogP contribution in [0.4, 0.5) is 0 Å². The first-order valence-electron chi connectivity index (χ1n) is 6.52. The van der Waals surface area contributed by atoms with E-state index in [0.29, 0.717) is 11.4 Å². The van der Waals surface area contributed by atoms with Crippen LogP contribution in [0.3, 0.4) is 0 Å². The van der Waals surface area contributed by atoms with Gasteiger partial charge >= 0.3 is 0 Å². The molecule has 1 N–H and O–H groups in total. The molecule has 2 heterocycles. The van der Waals surface area contributed by atoms with Crippen molar-refractivity contribution in [3.8, 4) is 10.7 Å². The van der Waals surface area contributed by atoms with Crippen LogP contribution in [0.1, 0.15) is 17.4 Å². The first-order valence-corrected chi connectivity index (χ1v) is 7.77. The minimum absolute atomic E-state index is 0.494. The highest BCUT2D eigenvalue weighted by molar-refractivity contribution is 7.13. The Labute approximate surface area is 131 Å². The number of thiazole rings is 1. The van der Waals surface area contributed by atoms with Gasteiger partial charge in [-0.2, -0.15) is 0 Å². The average Bonchev–Trinajstić information content (AvgIpc) is 2.97. The molecule has 21 heavy (non-hydrogen) atoms. The molecule has 1 atom stereocenters. The fourth-order valence-corrected chi connectivity index (χ4v) is 2.93. The van der Waals surface area contributed by atoms with Crippen molar-refractivity contribution in [2.45, 2.75) is 12.5 Å². The summed E-state index contributed by atoms with van der Waals surface area (Å²) >= 11 is 7.35. The van der Waals surface area contributed by atoms with Crippen molar-refractivity contribution in [3.63, 3.8) is 0 Å². The highest BCUT2D eigenvalue weighted by Crippen LogP contribution is 2.25. The summed E-state index contributed by atoms with van der Waals surface area (Å²) in [7, 11) is 0. The van der Waals surface area contributed by atoms with E-state index in [-0.39, 0.29) is 0 Å². The molecular weight excluding hydrogens is 304 g/mol. The Morgan fingerprint density at radius 3 is 2.67 bits per heavy atom. The number of pyridine rings is 1. The minimum atomic E-state index is -0.542. The molecule has 0 aliphatic rings. The van der Waals surface area contributed by atoms with Gasteiger partial charge in [0, 0.05) is 18.0 Å². The molecule has 2 aromatic heterocycles. The number of benzene rings is 1. The lowest BCUT2D eigenvalue weighted by Gasteiger charge is -2.08. The Morgan fingerprint density at radius 1 is 1.14 bits per heavy atom. The molecule has 106 valence electrons. The molecule has 1 unspecified atom stereocenters. The molecular formula is C16H13ClN2OS. The highest BCUT2D eigenvalue weighted by atomic mass is 35.5. The van der Waals surface area contributed by atoms with Crippen molar-refractivity contribution in [3.05, 3.63) is 70.3 Å². The van der Waals surface area contributed by atoms with Crippen molar-refractivity contribution in [2.24, 2.45) is 0 Å². The predicted molar refractivity (Wildman–Crippen MR) is 85.5 cm³/mol. The normalized spacial score (nSPS) is 12.3. The summed E-state index contributed by atoms with van der Waals surface area (Å²) in [6.45, 7) is 0. The number of rotatable bonds is 4. The SMILES string of the molecule is OC(Cc1csc(-c2ccc(Cl)cn2)n1)c1ccccc1. The van der Waals surface area contributed by atoms with Crippen LogP contribution in [0.2, 0.25) is 5.02 Å². The van der Waals surface area contributed by atoms with E-state index >= 15 is 0 Å². The lowest BCUT2D eigenvalue weighted by atomic mass is 10.1. The van der Waals surface area contributed by atoms with Crippen molar-refractivity contribution in [1.29, 1.82) is 0 Å². The van der Waals surface area contributed by atoms with Crippen LogP contribution < -0.4 is 0 Å². The fraction of sp³-hybridized carbons (Fsp3) is 0.125. The van der Waals surface area contributed by atoms with Crippen LogP contribution >= 0.6 is 22.9 Å². The molecule has 0 radical (unpaired) electrons. The van der Waals surface area contributed by atoms with Crippen LogP contribution in [0.25, 0.3) is 10.7 Å². The summed E-state index contributed by atoms with van der Waals surface area (Å²) in [5.41, 5.74) is 2.56. The van der Waals surface area contributed by atoms with Gasteiger partial charge in [-0.3, -0.25) is 4.98 Å². The van der Waals surface area contributed by atoms with Gasteiger partial charge in [0.2, 0.25) is 0 Å². The summed E-state index contributed by atoms with van der Waals surface area (Å²) < 4.78 is 0. The van der Waals surface area contributed by atoms with Gasteiger partial charge in [-0.05, 0) is 17.7 Å². The summed E-state index contributed by atoms with van der Waals surface area (Å²) in [4.78, 5) is 8.78. The van der Waals surface area contributed by atoms with E-state index in [9.17, 15) is 5.11 Å². The van der Waals surface area contributed by atoms with Crippen molar-refractivity contribution in [1.82, 2.24) is 9.97 Å². The Hall–Kier alpha value is -1.75. The lowest BCUT2D eigenvalue weighted by Crippen LogP contribution is -2.01. The van der Waals surface area contributed by atoms with Gasteiger partial charge in [-0.15, -0.1) is 11.3 Å². The van der Waals surface area contributed by atoms with Crippen molar-refractivity contribution in [2.75, 3.05) is 0 Å². The van der Waals surface area contributed by atoms with Crippen LogP contribution in [0.15, 0.2) is 54.0 Å². The van der Waals surface area contributed by atoms with Gasteiger partial charge < -0.3 is 5.11 Å².